The van der Waals surface area contributed by atoms with Gasteiger partial charge in [0.1, 0.15) is 10.6 Å². The number of fused-ring (bicyclic) bond motifs is 1. The summed E-state index contributed by atoms with van der Waals surface area (Å²) in [7, 11) is 0. The number of nitrogens with zero attached hydrogens (tertiary/aromatic N) is 3. The summed E-state index contributed by atoms with van der Waals surface area (Å²) >= 11 is 3.37. The molecule has 3 aromatic heterocycles. The number of thiophene rings is 1. The molecular weight excluding hydrogens is 302 g/mol. The van der Waals surface area contributed by atoms with Crippen molar-refractivity contribution in [3.8, 4) is 0 Å². The zero-order valence-corrected chi connectivity index (χ0v) is 13.6. The number of hydrogen-bond donors (Lipinski definition) is 2. The summed E-state index contributed by atoms with van der Waals surface area (Å²) in [6, 6.07) is 2.15. The zero-order chi connectivity index (χ0) is 14.8. The summed E-state index contributed by atoms with van der Waals surface area (Å²) in [5.74, 6) is 1.14. The first kappa shape index (κ1) is 14.2. The van der Waals surface area contributed by atoms with E-state index in [9.17, 15) is 0 Å². The van der Waals surface area contributed by atoms with Gasteiger partial charge in [-0.2, -0.15) is 4.98 Å². The van der Waals surface area contributed by atoms with Crippen LogP contribution in [0.1, 0.15) is 22.5 Å². The molecule has 21 heavy (non-hydrogen) atoms. The lowest BCUT2D eigenvalue weighted by Gasteiger charge is -2.06. The molecule has 0 unspecified atom stereocenters. The maximum absolute atomic E-state index is 5.80. The summed E-state index contributed by atoms with van der Waals surface area (Å²) in [6.07, 6.45) is 1.88. The molecule has 3 heterocycles. The van der Waals surface area contributed by atoms with Crippen molar-refractivity contribution in [1.82, 2.24) is 15.0 Å². The van der Waals surface area contributed by atoms with Gasteiger partial charge in [-0.3, -0.25) is 0 Å². The normalized spacial score (nSPS) is 11.1. The quantitative estimate of drug-likeness (QED) is 0.755. The zero-order valence-electron chi connectivity index (χ0n) is 12.0. The number of aromatic nitrogens is 3. The number of nitrogens with two attached hydrogens (primary N) is 1. The average molecular weight is 319 g/mol. The van der Waals surface area contributed by atoms with Crippen molar-refractivity contribution in [3.63, 3.8) is 0 Å². The van der Waals surface area contributed by atoms with Gasteiger partial charge >= 0.3 is 0 Å². The van der Waals surface area contributed by atoms with E-state index in [0.717, 1.165) is 46.1 Å². The van der Waals surface area contributed by atoms with Crippen LogP contribution in [0.2, 0.25) is 0 Å². The minimum Gasteiger partial charge on any atom is -0.369 e. The Kier molecular flexibility index (Phi) is 4.03. The SMILES string of the molecule is CCc1cc2c(NCCc3nc(C)cs3)nc(N)nc2s1. The van der Waals surface area contributed by atoms with E-state index in [1.807, 2.05) is 6.92 Å². The smallest absolute Gasteiger partial charge is 0.223 e. The third kappa shape index (κ3) is 3.14. The molecule has 0 amide bonds. The molecule has 0 saturated carbocycles. The van der Waals surface area contributed by atoms with Crippen LogP contribution in [0.5, 0.6) is 0 Å². The minimum absolute atomic E-state index is 0.319. The Balaban J connectivity index is 1.77. The van der Waals surface area contributed by atoms with E-state index in [-0.39, 0.29) is 0 Å². The lowest BCUT2D eigenvalue weighted by molar-refractivity contribution is 0.979. The summed E-state index contributed by atoms with van der Waals surface area (Å²) in [6.45, 7) is 4.94. The largest absolute Gasteiger partial charge is 0.369 e. The first-order valence-corrected chi connectivity index (χ1v) is 8.56. The van der Waals surface area contributed by atoms with Gasteiger partial charge in [-0.05, 0) is 19.4 Å². The molecule has 0 spiro atoms. The molecule has 0 bridgehead atoms. The van der Waals surface area contributed by atoms with Crippen molar-refractivity contribution >= 4 is 44.7 Å². The van der Waals surface area contributed by atoms with Crippen molar-refractivity contribution in [3.05, 3.63) is 27.0 Å². The Morgan fingerprint density at radius 2 is 2.14 bits per heavy atom. The maximum atomic E-state index is 5.80. The van der Waals surface area contributed by atoms with Gasteiger partial charge in [0.15, 0.2) is 0 Å². The summed E-state index contributed by atoms with van der Waals surface area (Å²) in [4.78, 5) is 15.3. The highest BCUT2D eigenvalue weighted by molar-refractivity contribution is 7.18. The maximum Gasteiger partial charge on any atom is 0.223 e. The summed E-state index contributed by atoms with van der Waals surface area (Å²) < 4.78 is 0. The van der Waals surface area contributed by atoms with Crippen LogP contribution in [0.25, 0.3) is 10.2 Å². The lowest BCUT2D eigenvalue weighted by Crippen LogP contribution is -2.08. The van der Waals surface area contributed by atoms with Crippen LogP contribution in [0.15, 0.2) is 11.4 Å². The monoisotopic (exact) mass is 319 g/mol. The molecule has 5 nitrogen and oxygen atoms in total. The Labute approximate surface area is 131 Å². The Bertz CT molecular complexity index is 762. The van der Waals surface area contributed by atoms with Gasteiger partial charge in [-0.25, -0.2) is 9.97 Å². The van der Waals surface area contributed by atoms with Crippen LogP contribution in [-0.2, 0) is 12.8 Å². The second-order valence-corrected chi connectivity index (χ2v) is 6.83. The number of rotatable bonds is 5. The molecule has 3 aromatic rings. The van der Waals surface area contributed by atoms with E-state index in [0.29, 0.717) is 5.95 Å². The molecule has 3 N–H and O–H groups in total. The second kappa shape index (κ2) is 5.95. The minimum atomic E-state index is 0.319. The number of thiazole rings is 1. The number of nitrogens with one attached hydrogen (secondary N) is 1. The van der Waals surface area contributed by atoms with Crippen LogP contribution in [0, 0.1) is 6.92 Å². The fourth-order valence-electron chi connectivity index (χ4n) is 2.10. The van der Waals surface area contributed by atoms with E-state index in [2.05, 4.69) is 38.6 Å². The molecule has 0 fully saturated rings. The highest BCUT2D eigenvalue weighted by atomic mass is 32.1. The van der Waals surface area contributed by atoms with Gasteiger partial charge in [0.05, 0.1) is 10.4 Å². The molecule has 110 valence electrons. The molecule has 0 saturated heterocycles. The molecule has 0 aliphatic carbocycles. The molecule has 0 radical (unpaired) electrons. The molecular formula is C14H17N5S2. The highest BCUT2D eigenvalue weighted by Crippen LogP contribution is 2.29. The topological polar surface area (TPSA) is 76.7 Å². The Morgan fingerprint density at radius 3 is 2.86 bits per heavy atom. The standard InChI is InChI=1S/C14H17N5S2/c1-3-9-6-10-12(18-14(15)19-13(10)21-9)16-5-4-11-17-8(2)7-20-11/h6-7H,3-5H2,1-2H3,(H3,15,16,18,19). The van der Waals surface area contributed by atoms with Crippen molar-refractivity contribution in [2.24, 2.45) is 0 Å². The van der Waals surface area contributed by atoms with E-state index < -0.39 is 0 Å². The second-order valence-electron chi connectivity index (χ2n) is 4.77. The molecule has 0 aromatic carbocycles. The van der Waals surface area contributed by atoms with Crippen LogP contribution in [0.3, 0.4) is 0 Å². The van der Waals surface area contributed by atoms with E-state index in [1.54, 1.807) is 22.7 Å². The van der Waals surface area contributed by atoms with Gasteiger partial charge in [0.25, 0.3) is 0 Å². The average Bonchev–Trinajstić information content (AvgIpc) is 3.04. The fraction of sp³-hybridized carbons (Fsp3) is 0.357. The fourth-order valence-corrected chi connectivity index (χ4v) is 3.85. The van der Waals surface area contributed by atoms with Crippen molar-refractivity contribution in [2.45, 2.75) is 26.7 Å². The van der Waals surface area contributed by atoms with Gasteiger partial charge < -0.3 is 11.1 Å². The number of nitrogen functional groups attached to an aromatic ring is 1. The first-order chi connectivity index (χ1) is 10.2. The van der Waals surface area contributed by atoms with Crippen molar-refractivity contribution < 1.29 is 0 Å². The number of aryl methyl sites for hydroxylation is 2. The summed E-state index contributed by atoms with van der Waals surface area (Å²) in [5, 5.41) is 7.63. The van der Waals surface area contributed by atoms with Crippen molar-refractivity contribution in [1.29, 1.82) is 0 Å². The Morgan fingerprint density at radius 1 is 1.29 bits per heavy atom. The van der Waals surface area contributed by atoms with Crippen LogP contribution in [-0.4, -0.2) is 21.5 Å². The van der Waals surface area contributed by atoms with Gasteiger partial charge in [0, 0.05) is 28.9 Å². The molecule has 0 atom stereocenters. The number of anilines is 2. The Hall–Kier alpha value is -1.73. The van der Waals surface area contributed by atoms with E-state index in [1.165, 1.54) is 4.88 Å². The van der Waals surface area contributed by atoms with E-state index >= 15 is 0 Å². The number of hydrogen-bond acceptors (Lipinski definition) is 7. The van der Waals surface area contributed by atoms with Gasteiger partial charge in [0.2, 0.25) is 5.95 Å². The highest BCUT2D eigenvalue weighted by Gasteiger charge is 2.10. The van der Waals surface area contributed by atoms with E-state index in [4.69, 9.17) is 5.73 Å². The molecule has 0 aliphatic heterocycles. The van der Waals surface area contributed by atoms with Gasteiger partial charge in [-0.1, -0.05) is 6.92 Å². The van der Waals surface area contributed by atoms with Crippen LogP contribution in [0.4, 0.5) is 11.8 Å². The molecule has 0 aliphatic rings. The predicted octanol–water partition coefficient (Wildman–Crippen LogP) is 3.26. The molecule has 7 heteroatoms. The van der Waals surface area contributed by atoms with Crippen LogP contribution >= 0.6 is 22.7 Å². The van der Waals surface area contributed by atoms with Crippen molar-refractivity contribution in [2.75, 3.05) is 17.6 Å². The predicted molar refractivity (Wildman–Crippen MR) is 90.3 cm³/mol. The third-order valence-corrected chi connectivity index (χ3v) is 5.31. The lowest BCUT2D eigenvalue weighted by atomic mass is 10.3. The first-order valence-electron chi connectivity index (χ1n) is 6.86. The summed E-state index contributed by atoms with van der Waals surface area (Å²) in [5.41, 5.74) is 6.87. The van der Waals surface area contributed by atoms with Crippen LogP contribution < -0.4 is 11.1 Å². The third-order valence-electron chi connectivity index (χ3n) is 3.11. The molecule has 3 rings (SSSR count). The van der Waals surface area contributed by atoms with Gasteiger partial charge in [-0.15, -0.1) is 22.7 Å².